The molecule has 0 aliphatic carbocycles. The van der Waals surface area contributed by atoms with Gasteiger partial charge in [-0.2, -0.15) is 0 Å². The lowest BCUT2D eigenvalue weighted by atomic mass is 10.1. The molecule has 0 radical (unpaired) electrons. The van der Waals surface area contributed by atoms with Crippen LogP contribution in [0.15, 0.2) is 18.2 Å². The van der Waals surface area contributed by atoms with Gasteiger partial charge in [-0.25, -0.2) is 4.39 Å². The largest absolute Gasteiger partial charge is 0.344 e. The molecule has 96 valence electrons. The number of nitrogens with zero attached hydrogens (tertiary/aromatic N) is 1. The number of fused-ring (bicyclic) bond motifs is 1. The summed E-state index contributed by atoms with van der Waals surface area (Å²) in [6, 6.07) is 3.40. The summed E-state index contributed by atoms with van der Waals surface area (Å²) in [6.45, 7) is -0.296. The summed E-state index contributed by atoms with van der Waals surface area (Å²) in [5, 5.41) is 2.38. The van der Waals surface area contributed by atoms with Gasteiger partial charge in [0.1, 0.15) is 12.4 Å². The number of hydrogen-bond acceptors (Lipinski definition) is 3. The van der Waals surface area contributed by atoms with Crippen molar-refractivity contribution in [3.8, 4) is 12.3 Å². The quantitative estimate of drug-likeness (QED) is 0.619. The molecule has 0 bridgehead atoms. The average molecular weight is 260 g/mol. The highest BCUT2D eigenvalue weighted by atomic mass is 19.1. The van der Waals surface area contributed by atoms with Gasteiger partial charge >= 0.3 is 0 Å². The number of ketones is 1. The van der Waals surface area contributed by atoms with Crippen LogP contribution in [-0.4, -0.2) is 30.7 Å². The molecule has 5 nitrogen and oxygen atoms in total. The van der Waals surface area contributed by atoms with Crippen LogP contribution in [0.4, 0.5) is 10.1 Å². The van der Waals surface area contributed by atoms with E-state index in [4.69, 9.17) is 6.42 Å². The van der Waals surface area contributed by atoms with E-state index >= 15 is 0 Å². The second-order valence-electron chi connectivity index (χ2n) is 3.86. The zero-order chi connectivity index (χ0) is 14.0. The van der Waals surface area contributed by atoms with Gasteiger partial charge in [0.15, 0.2) is 0 Å². The van der Waals surface area contributed by atoms with Crippen molar-refractivity contribution >= 4 is 23.3 Å². The molecule has 0 spiro atoms. The van der Waals surface area contributed by atoms with E-state index in [1.165, 1.54) is 6.07 Å². The van der Waals surface area contributed by atoms with Gasteiger partial charge in [0, 0.05) is 0 Å². The Hall–Kier alpha value is -2.68. The minimum atomic E-state index is -0.851. The second kappa shape index (κ2) is 4.90. The Labute approximate surface area is 108 Å². The van der Waals surface area contributed by atoms with Crippen molar-refractivity contribution in [1.82, 2.24) is 5.32 Å². The SMILES string of the molecule is C#CCNC(=O)CN1C(=O)C(=O)c2cc(F)ccc21. The Morgan fingerprint density at radius 3 is 2.84 bits per heavy atom. The van der Waals surface area contributed by atoms with E-state index in [9.17, 15) is 18.8 Å². The zero-order valence-corrected chi connectivity index (χ0v) is 9.77. The number of nitrogens with one attached hydrogen (secondary N) is 1. The summed E-state index contributed by atoms with van der Waals surface area (Å²) < 4.78 is 13.0. The summed E-state index contributed by atoms with van der Waals surface area (Å²) in [5.41, 5.74) is 0.196. The third kappa shape index (κ3) is 2.31. The average Bonchev–Trinajstić information content (AvgIpc) is 2.61. The molecular formula is C13H9FN2O3. The van der Waals surface area contributed by atoms with Crippen LogP contribution in [-0.2, 0) is 9.59 Å². The summed E-state index contributed by atoms with van der Waals surface area (Å²) in [5.74, 6) is -0.554. The highest BCUT2D eigenvalue weighted by Gasteiger charge is 2.36. The first-order valence-electron chi connectivity index (χ1n) is 5.40. The summed E-state index contributed by atoms with van der Waals surface area (Å²) in [7, 11) is 0. The molecule has 2 amide bonds. The lowest BCUT2D eigenvalue weighted by Crippen LogP contribution is -2.40. The van der Waals surface area contributed by atoms with Crippen molar-refractivity contribution in [1.29, 1.82) is 0 Å². The van der Waals surface area contributed by atoms with Gasteiger partial charge in [-0.15, -0.1) is 6.42 Å². The van der Waals surface area contributed by atoms with Gasteiger partial charge in [-0.3, -0.25) is 19.3 Å². The van der Waals surface area contributed by atoms with Crippen LogP contribution >= 0.6 is 0 Å². The van der Waals surface area contributed by atoms with E-state index in [1.807, 2.05) is 0 Å². The third-order valence-corrected chi connectivity index (χ3v) is 2.62. The highest BCUT2D eigenvalue weighted by molar-refractivity contribution is 6.52. The van der Waals surface area contributed by atoms with Gasteiger partial charge in [0.05, 0.1) is 17.8 Å². The van der Waals surface area contributed by atoms with Gasteiger partial charge in [-0.05, 0) is 18.2 Å². The maximum Gasteiger partial charge on any atom is 0.299 e. The van der Waals surface area contributed by atoms with E-state index < -0.39 is 23.4 Å². The minimum Gasteiger partial charge on any atom is -0.344 e. The Bertz CT molecular complexity index is 619. The first-order chi connectivity index (χ1) is 9.04. The van der Waals surface area contributed by atoms with Crippen molar-refractivity contribution in [3.05, 3.63) is 29.6 Å². The first kappa shape index (κ1) is 12.8. The van der Waals surface area contributed by atoms with E-state index in [1.54, 1.807) is 0 Å². The van der Waals surface area contributed by atoms with Crippen LogP contribution < -0.4 is 10.2 Å². The number of hydrogen-bond donors (Lipinski definition) is 1. The molecule has 1 aliphatic rings. The van der Waals surface area contributed by atoms with Crippen molar-refractivity contribution in [2.75, 3.05) is 18.0 Å². The van der Waals surface area contributed by atoms with Gasteiger partial charge in [0.25, 0.3) is 11.7 Å². The molecule has 19 heavy (non-hydrogen) atoms. The summed E-state index contributed by atoms with van der Waals surface area (Å²) in [4.78, 5) is 35.9. The molecule has 0 unspecified atom stereocenters. The van der Waals surface area contributed by atoms with Crippen molar-refractivity contribution < 1.29 is 18.8 Å². The smallest absolute Gasteiger partial charge is 0.299 e. The molecule has 0 aromatic heterocycles. The summed E-state index contributed by atoms with van der Waals surface area (Å²) in [6.07, 6.45) is 4.99. The topological polar surface area (TPSA) is 66.5 Å². The number of terminal acetylenes is 1. The molecule has 0 saturated heterocycles. The van der Waals surface area contributed by atoms with Crippen LogP contribution in [0.5, 0.6) is 0 Å². The van der Waals surface area contributed by atoms with Crippen LogP contribution in [0.1, 0.15) is 10.4 Å². The predicted octanol–water partition coefficient (Wildman–Crippen LogP) is 0.104. The molecule has 0 atom stereocenters. The monoisotopic (exact) mass is 260 g/mol. The van der Waals surface area contributed by atoms with E-state index in [-0.39, 0.29) is 24.3 Å². The zero-order valence-electron chi connectivity index (χ0n) is 9.77. The molecule has 0 saturated carbocycles. The molecule has 1 N–H and O–H groups in total. The van der Waals surface area contributed by atoms with Crippen LogP contribution in [0.25, 0.3) is 0 Å². The molecule has 1 aromatic rings. The van der Waals surface area contributed by atoms with Crippen LogP contribution in [0.3, 0.4) is 0 Å². The lowest BCUT2D eigenvalue weighted by Gasteiger charge is -2.15. The molecule has 1 aromatic carbocycles. The van der Waals surface area contributed by atoms with E-state index in [2.05, 4.69) is 11.2 Å². The highest BCUT2D eigenvalue weighted by Crippen LogP contribution is 2.29. The van der Waals surface area contributed by atoms with Crippen molar-refractivity contribution in [2.24, 2.45) is 0 Å². The normalized spacial score (nSPS) is 13.2. The van der Waals surface area contributed by atoms with Gasteiger partial charge < -0.3 is 5.32 Å². The molecular weight excluding hydrogens is 251 g/mol. The number of rotatable bonds is 3. The molecule has 2 rings (SSSR count). The second-order valence-corrected chi connectivity index (χ2v) is 3.86. The maximum absolute atomic E-state index is 13.0. The number of carbonyl (C=O) groups is 3. The minimum absolute atomic E-state index is 0.0326. The third-order valence-electron chi connectivity index (χ3n) is 2.62. The Morgan fingerprint density at radius 2 is 2.16 bits per heavy atom. The number of carbonyl (C=O) groups excluding carboxylic acids is 3. The fourth-order valence-electron chi connectivity index (χ4n) is 1.78. The Balaban J connectivity index is 2.24. The number of benzene rings is 1. The van der Waals surface area contributed by atoms with Gasteiger partial charge in [0.2, 0.25) is 5.91 Å². The van der Waals surface area contributed by atoms with Crippen LogP contribution in [0.2, 0.25) is 0 Å². The molecule has 1 heterocycles. The van der Waals surface area contributed by atoms with Crippen LogP contribution in [0, 0.1) is 18.2 Å². The fraction of sp³-hybridized carbons (Fsp3) is 0.154. The Morgan fingerprint density at radius 1 is 1.42 bits per heavy atom. The number of anilines is 1. The standard InChI is InChI=1S/C13H9FN2O3/c1-2-5-15-11(17)7-16-10-4-3-8(14)6-9(10)12(18)13(16)19/h1,3-4,6H,5,7H2,(H,15,17). The number of halogens is 1. The number of Topliss-reactive ketones (excluding diaryl/α,β-unsaturated/α-hetero) is 1. The molecule has 0 fully saturated rings. The number of amides is 2. The fourth-order valence-corrected chi connectivity index (χ4v) is 1.78. The van der Waals surface area contributed by atoms with E-state index in [0.717, 1.165) is 17.0 Å². The van der Waals surface area contributed by atoms with Crippen molar-refractivity contribution in [3.63, 3.8) is 0 Å². The predicted molar refractivity (Wildman–Crippen MR) is 64.9 cm³/mol. The maximum atomic E-state index is 13.0. The van der Waals surface area contributed by atoms with Crippen molar-refractivity contribution in [2.45, 2.75) is 0 Å². The lowest BCUT2D eigenvalue weighted by molar-refractivity contribution is -0.121. The summed E-state index contributed by atoms with van der Waals surface area (Å²) >= 11 is 0. The first-order valence-corrected chi connectivity index (χ1v) is 5.40. The Kier molecular flexibility index (Phi) is 3.29. The molecule has 6 heteroatoms. The van der Waals surface area contributed by atoms with E-state index in [0.29, 0.717) is 0 Å². The molecule has 1 aliphatic heterocycles. The van der Waals surface area contributed by atoms with Gasteiger partial charge in [-0.1, -0.05) is 5.92 Å².